The minimum absolute atomic E-state index is 0.00371. The number of carboxylic acids is 1. The van der Waals surface area contributed by atoms with Crippen LogP contribution in [0.1, 0.15) is 19.8 Å². The van der Waals surface area contributed by atoms with Gasteiger partial charge in [-0.1, -0.05) is 23.5 Å². The zero-order valence-electron chi connectivity index (χ0n) is 7.82. The van der Waals surface area contributed by atoms with Gasteiger partial charge in [-0.25, -0.2) is 0 Å². The predicted molar refractivity (Wildman–Crippen MR) is 57.5 cm³/mol. The summed E-state index contributed by atoms with van der Waals surface area (Å²) in [6, 6.07) is 0. The monoisotopic (exact) mass is 236 g/mol. The molecule has 6 heteroatoms. The molecule has 0 unspecified atom stereocenters. The third-order valence-electron chi connectivity index (χ3n) is 1.19. The van der Waals surface area contributed by atoms with E-state index in [1.54, 1.807) is 0 Å². The summed E-state index contributed by atoms with van der Waals surface area (Å²) in [5.74, 6) is -0.115. The molecule has 0 amide bonds. The number of carbonyl (C=O) groups is 3. The fraction of sp³-hybridized carbons (Fsp3) is 0.625. The lowest BCUT2D eigenvalue weighted by atomic mass is 10.5. The number of carbonyl (C=O) groups excluding carboxylic acids is 2. The second kappa shape index (κ2) is 7.87. The molecule has 1 N–H and O–H groups in total. The van der Waals surface area contributed by atoms with Gasteiger partial charge in [0.2, 0.25) is 0 Å². The van der Waals surface area contributed by atoms with Crippen molar-refractivity contribution in [2.24, 2.45) is 0 Å². The lowest BCUT2D eigenvalue weighted by Gasteiger charge is -1.97. The Bertz CT molecular complexity index is 205. The van der Waals surface area contributed by atoms with Gasteiger partial charge in [-0.3, -0.25) is 14.4 Å². The van der Waals surface area contributed by atoms with Crippen LogP contribution in [0.15, 0.2) is 0 Å². The highest BCUT2D eigenvalue weighted by atomic mass is 32.2. The SMILES string of the molecule is CC(=O)SCCC(=O)SCCC(=O)O. The quantitative estimate of drug-likeness (QED) is 0.751. The van der Waals surface area contributed by atoms with Crippen LogP contribution < -0.4 is 0 Å². The third-order valence-corrected chi connectivity index (χ3v) is 2.94. The molecule has 0 aromatic heterocycles. The van der Waals surface area contributed by atoms with E-state index in [-0.39, 0.29) is 16.7 Å². The molecule has 0 atom stereocenters. The van der Waals surface area contributed by atoms with Gasteiger partial charge < -0.3 is 5.11 Å². The lowest BCUT2D eigenvalue weighted by Crippen LogP contribution is -2.01. The van der Waals surface area contributed by atoms with Gasteiger partial charge in [0.05, 0.1) is 6.42 Å². The fourth-order valence-electron chi connectivity index (χ4n) is 0.602. The normalized spacial score (nSPS) is 9.79. The van der Waals surface area contributed by atoms with E-state index in [2.05, 4.69) is 0 Å². The highest BCUT2D eigenvalue weighted by Gasteiger charge is 2.05. The Labute approximate surface area is 90.8 Å². The molecule has 4 nitrogen and oxygen atoms in total. The minimum Gasteiger partial charge on any atom is -0.481 e. The Morgan fingerprint density at radius 2 is 1.64 bits per heavy atom. The summed E-state index contributed by atoms with van der Waals surface area (Å²) in [6.45, 7) is 1.45. The molecule has 0 fully saturated rings. The molecule has 0 aromatic rings. The second-order valence-electron chi connectivity index (χ2n) is 2.45. The van der Waals surface area contributed by atoms with Crippen molar-refractivity contribution < 1.29 is 19.5 Å². The van der Waals surface area contributed by atoms with E-state index in [0.29, 0.717) is 17.9 Å². The number of thioether (sulfide) groups is 2. The third kappa shape index (κ3) is 9.60. The van der Waals surface area contributed by atoms with Crippen LogP contribution >= 0.6 is 23.5 Å². The topological polar surface area (TPSA) is 71.4 Å². The van der Waals surface area contributed by atoms with Gasteiger partial charge in [0.15, 0.2) is 10.2 Å². The first-order chi connectivity index (χ1) is 6.52. The van der Waals surface area contributed by atoms with Crippen molar-refractivity contribution in [2.45, 2.75) is 19.8 Å². The summed E-state index contributed by atoms with van der Waals surface area (Å²) >= 11 is 2.12. The van der Waals surface area contributed by atoms with E-state index in [1.807, 2.05) is 0 Å². The van der Waals surface area contributed by atoms with E-state index in [1.165, 1.54) is 6.92 Å². The van der Waals surface area contributed by atoms with Crippen LogP contribution in [0.25, 0.3) is 0 Å². The van der Waals surface area contributed by atoms with Crippen LogP contribution in [0.3, 0.4) is 0 Å². The van der Waals surface area contributed by atoms with Crippen LogP contribution in [-0.2, 0) is 14.4 Å². The zero-order valence-corrected chi connectivity index (χ0v) is 9.45. The van der Waals surface area contributed by atoms with Crippen molar-refractivity contribution in [3.05, 3.63) is 0 Å². The highest BCUT2D eigenvalue weighted by Crippen LogP contribution is 2.11. The average Bonchev–Trinajstić information content (AvgIpc) is 2.02. The molecule has 0 bridgehead atoms. The number of carboxylic acid groups (broad SMARTS) is 1. The molecule has 0 saturated carbocycles. The first-order valence-electron chi connectivity index (χ1n) is 4.03. The van der Waals surface area contributed by atoms with Crippen molar-refractivity contribution in [1.29, 1.82) is 0 Å². The molecular weight excluding hydrogens is 224 g/mol. The highest BCUT2D eigenvalue weighted by molar-refractivity contribution is 8.14. The van der Waals surface area contributed by atoms with Gasteiger partial charge in [-0.15, -0.1) is 0 Å². The maximum Gasteiger partial charge on any atom is 0.304 e. The molecule has 14 heavy (non-hydrogen) atoms. The largest absolute Gasteiger partial charge is 0.481 e. The first kappa shape index (κ1) is 13.5. The molecule has 80 valence electrons. The van der Waals surface area contributed by atoms with Crippen molar-refractivity contribution in [3.8, 4) is 0 Å². The van der Waals surface area contributed by atoms with E-state index < -0.39 is 5.97 Å². The van der Waals surface area contributed by atoms with Crippen LogP contribution in [0, 0.1) is 0 Å². The Hall–Kier alpha value is -0.490. The summed E-state index contributed by atoms with van der Waals surface area (Å²) < 4.78 is 0. The fourth-order valence-corrected chi connectivity index (χ4v) is 2.06. The second-order valence-corrected chi connectivity index (χ2v) is 4.88. The van der Waals surface area contributed by atoms with E-state index in [4.69, 9.17) is 5.11 Å². The maximum atomic E-state index is 11.1. The molecule has 0 saturated heterocycles. The molecule has 0 radical (unpaired) electrons. The molecule has 0 aliphatic rings. The van der Waals surface area contributed by atoms with Crippen molar-refractivity contribution in [1.82, 2.24) is 0 Å². The van der Waals surface area contributed by atoms with Gasteiger partial charge in [-0.2, -0.15) is 0 Å². The van der Waals surface area contributed by atoms with Gasteiger partial charge >= 0.3 is 5.97 Å². The Kier molecular flexibility index (Phi) is 7.60. The molecular formula is C8H12O4S2. The Morgan fingerprint density at radius 1 is 1.07 bits per heavy atom. The summed E-state index contributed by atoms with van der Waals surface area (Å²) in [7, 11) is 0. The van der Waals surface area contributed by atoms with Crippen LogP contribution in [0.2, 0.25) is 0 Å². The van der Waals surface area contributed by atoms with Crippen molar-refractivity contribution in [2.75, 3.05) is 11.5 Å². The summed E-state index contributed by atoms with van der Waals surface area (Å²) in [4.78, 5) is 31.7. The van der Waals surface area contributed by atoms with Crippen LogP contribution in [0.5, 0.6) is 0 Å². The number of rotatable bonds is 6. The molecule has 0 aromatic carbocycles. The summed E-state index contributed by atoms with van der Waals surface area (Å²) in [5.41, 5.74) is 0. The first-order valence-corrected chi connectivity index (χ1v) is 6.00. The number of hydrogen-bond acceptors (Lipinski definition) is 5. The predicted octanol–water partition coefficient (Wildman–Crippen LogP) is 1.39. The van der Waals surface area contributed by atoms with E-state index in [0.717, 1.165) is 23.5 Å². The number of aliphatic carboxylic acids is 1. The van der Waals surface area contributed by atoms with E-state index in [9.17, 15) is 14.4 Å². The van der Waals surface area contributed by atoms with Crippen molar-refractivity contribution >= 4 is 39.7 Å². The lowest BCUT2D eigenvalue weighted by molar-refractivity contribution is -0.136. The zero-order chi connectivity index (χ0) is 11.0. The van der Waals surface area contributed by atoms with Crippen molar-refractivity contribution in [3.63, 3.8) is 0 Å². The maximum absolute atomic E-state index is 11.1. The molecule has 0 aliphatic heterocycles. The number of hydrogen-bond donors (Lipinski definition) is 1. The molecule has 0 spiro atoms. The Balaban J connectivity index is 3.37. The van der Waals surface area contributed by atoms with Crippen LogP contribution in [0.4, 0.5) is 0 Å². The minimum atomic E-state index is -0.900. The standard InChI is InChI=1S/C8H12O4S2/c1-6(9)13-5-3-8(12)14-4-2-7(10)11/h2-5H2,1H3,(H,10,11). The molecule has 0 heterocycles. The van der Waals surface area contributed by atoms with E-state index >= 15 is 0 Å². The van der Waals surface area contributed by atoms with Gasteiger partial charge in [-0.05, 0) is 0 Å². The van der Waals surface area contributed by atoms with Crippen LogP contribution in [-0.4, -0.2) is 32.8 Å². The molecule has 0 rings (SSSR count). The van der Waals surface area contributed by atoms with Gasteiger partial charge in [0, 0.05) is 24.9 Å². The summed E-state index contributed by atoms with van der Waals surface area (Å²) in [5, 5.41) is 8.24. The van der Waals surface area contributed by atoms with Gasteiger partial charge in [0.25, 0.3) is 0 Å². The molecule has 0 aliphatic carbocycles. The smallest absolute Gasteiger partial charge is 0.304 e. The summed E-state index contributed by atoms with van der Waals surface area (Å²) in [6.07, 6.45) is 0.310. The average molecular weight is 236 g/mol. The Morgan fingerprint density at radius 3 is 2.14 bits per heavy atom. The van der Waals surface area contributed by atoms with Gasteiger partial charge in [0.1, 0.15) is 0 Å².